The molecule has 1 fully saturated rings. The highest BCUT2D eigenvalue weighted by molar-refractivity contribution is 6.37. The summed E-state index contributed by atoms with van der Waals surface area (Å²) in [5.41, 5.74) is 0. The molecule has 4 nitrogen and oxygen atoms in total. The second-order valence-electron chi connectivity index (χ2n) is 4.52. The summed E-state index contributed by atoms with van der Waals surface area (Å²) in [7, 11) is 0. The Hall–Kier alpha value is -0.970. The van der Waals surface area contributed by atoms with Crippen molar-refractivity contribution in [3.05, 3.63) is 28.2 Å². The zero-order chi connectivity index (χ0) is 13.8. The van der Waals surface area contributed by atoms with E-state index in [9.17, 15) is 4.79 Å². The summed E-state index contributed by atoms with van der Waals surface area (Å²) >= 11 is 12.0. The lowest BCUT2D eigenvalue weighted by Crippen LogP contribution is -2.27. The summed E-state index contributed by atoms with van der Waals surface area (Å²) in [6.45, 7) is 2.48. The maximum absolute atomic E-state index is 10.8. The zero-order valence-electron chi connectivity index (χ0n) is 10.3. The van der Waals surface area contributed by atoms with E-state index in [0.717, 1.165) is 6.54 Å². The molecular formula is C13H15Cl2NO3. The van der Waals surface area contributed by atoms with Gasteiger partial charge in [0, 0.05) is 13.1 Å². The van der Waals surface area contributed by atoms with Gasteiger partial charge in [0.25, 0.3) is 0 Å². The van der Waals surface area contributed by atoms with Crippen molar-refractivity contribution in [2.75, 3.05) is 26.2 Å². The predicted molar refractivity (Wildman–Crippen MR) is 74.1 cm³/mol. The number of ether oxygens (including phenoxy) is 1. The van der Waals surface area contributed by atoms with Gasteiger partial charge >= 0.3 is 5.97 Å². The number of carboxylic acids is 1. The van der Waals surface area contributed by atoms with Gasteiger partial charge in [-0.15, -0.1) is 0 Å². The van der Waals surface area contributed by atoms with Crippen LogP contribution in [0.2, 0.25) is 10.0 Å². The van der Waals surface area contributed by atoms with E-state index >= 15 is 0 Å². The van der Waals surface area contributed by atoms with E-state index in [0.29, 0.717) is 41.9 Å². The van der Waals surface area contributed by atoms with Crippen LogP contribution in [0, 0.1) is 5.92 Å². The first-order chi connectivity index (χ1) is 9.08. The molecule has 0 amide bonds. The highest BCUT2D eigenvalue weighted by atomic mass is 35.5. The lowest BCUT2D eigenvalue weighted by Gasteiger charge is -2.16. The third-order valence-corrected chi connectivity index (χ3v) is 3.79. The first kappa shape index (κ1) is 14.4. The molecule has 0 spiro atoms. The average molecular weight is 304 g/mol. The summed E-state index contributed by atoms with van der Waals surface area (Å²) in [5, 5.41) is 9.88. The highest BCUT2D eigenvalue weighted by Gasteiger charge is 2.27. The fourth-order valence-electron chi connectivity index (χ4n) is 2.13. The number of para-hydroxylation sites is 1. The van der Waals surface area contributed by atoms with Crippen LogP contribution in [0.4, 0.5) is 0 Å². The van der Waals surface area contributed by atoms with Gasteiger partial charge in [0.1, 0.15) is 6.61 Å². The largest absolute Gasteiger partial charge is 0.489 e. The molecule has 0 radical (unpaired) electrons. The van der Waals surface area contributed by atoms with Gasteiger partial charge < -0.3 is 9.84 Å². The molecule has 1 atom stereocenters. The van der Waals surface area contributed by atoms with Crippen LogP contribution < -0.4 is 4.74 Å². The van der Waals surface area contributed by atoms with Crippen molar-refractivity contribution in [1.29, 1.82) is 0 Å². The standard InChI is InChI=1S/C13H15Cl2NO3/c14-10-2-1-3-11(15)12(10)19-7-6-16-5-4-9(8-16)13(17)18/h1-3,9H,4-8H2,(H,17,18)/t9-/m0/s1. The Balaban J connectivity index is 1.80. The lowest BCUT2D eigenvalue weighted by molar-refractivity contribution is -0.141. The molecule has 1 aromatic rings. The summed E-state index contributed by atoms with van der Waals surface area (Å²) < 4.78 is 5.57. The molecule has 1 aromatic carbocycles. The maximum Gasteiger partial charge on any atom is 0.307 e. The summed E-state index contributed by atoms with van der Waals surface area (Å²) in [6.07, 6.45) is 0.697. The van der Waals surface area contributed by atoms with Gasteiger partial charge in [-0.25, -0.2) is 0 Å². The Morgan fingerprint density at radius 1 is 1.42 bits per heavy atom. The van der Waals surface area contributed by atoms with Crippen molar-refractivity contribution < 1.29 is 14.6 Å². The molecule has 19 heavy (non-hydrogen) atoms. The zero-order valence-corrected chi connectivity index (χ0v) is 11.8. The molecule has 104 valence electrons. The molecule has 2 rings (SSSR count). The van der Waals surface area contributed by atoms with Crippen LogP contribution in [0.1, 0.15) is 6.42 Å². The number of aliphatic carboxylic acids is 1. The number of hydrogen-bond donors (Lipinski definition) is 1. The number of rotatable bonds is 5. The number of nitrogens with zero attached hydrogens (tertiary/aromatic N) is 1. The van der Waals surface area contributed by atoms with Gasteiger partial charge in [0.2, 0.25) is 0 Å². The number of halogens is 2. The van der Waals surface area contributed by atoms with Crippen LogP contribution >= 0.6 is 23.2 Å². The first-order valence-corrected chi connectivity index (χ1v) is 6.85. The van der Waals surface area contributed by atoms with Gasteiger partial charge in [0.15, 0.2) is 5.75 Å². The minimum absolute atomic E-state index is 0.260. The summed E-state index contributed by atoms with van der Waals surface area (Å²) in [6, 6.07) is 5.20. The molecule has 1 aliphatic rings. The maximum atomic E-state index is 10.8. The van der Waals surface area contributed by atoms with Crippen molar-refractivity contribution in [3.8, 4) is 5.75 Å². The van der Waals surface area contributed by atoms with Crippen molar-refractivity contribution in [2.24, 2.45) is 5.92 Å². The summed E-state index contributed by atoms with van der Waals surface area (Å²) in [5.74, 6) is -0.499. The van der Waals surface area contributed by atoms with E-state index in [2.05, 4.69) is 4.90 Å². The van der Waals surface area contributed by atoms with Crippen molar-refractivity contribution >= 4 is 29.2 Å². The molecule has 0 unspecified atom stereocenters. The van der Waals surface area contributed by atoms with Gasteiger partial charge in [-0.05, 0) is 25.1 Å². The Bertz CT molecular complexity index is 447. The Labute approximate surface area is 121 Å². The summed E-state index contributed by atoms with van der Waals surface area (Å²) in [4.78, 5) is 12.9. The molecule has 0 saturated carbocycles. The topological polar surface area (TPSA) is 49.8 Å². The SMILES string of the molecule is O=C(O)[C@H]1CCN(CCOc2c(Cl)cccc2Cl)C1. The van der Waals surface area contributed by atoms with E-state index in [4.69, 9.17) is 33.0 Å². The van der Waals surface area contributed by atoms with Crippen LogP contribution in [0.25, 0.3) is 0 Å². The lowest BCUT2D eigenvalue weighted by atomic mass is 10.1. The Morgan fingerprint density at radius 2 is 2.11 bits per heavy atom. The average Bonchev–Trinajstić information content (AvgIpc) is 2.82. The monoisotopic (exact) mass is 303 g/mol. The molecule has 1 heterocycles. The van der Waals surface area contributed by atoms with E-state index in [1.165, 1.54) is 0 Å². The van der Waals surface area contributed by atoms with Crippen molar-refractivity contribution in [1.82, 2.24) is 4.90 Å². The van der Waals surface area contributed by atoms with E-state index in [1.54, 1.807) is 18.2 Å². The normalized spacial score (nSPS) is 19.6. The Morgan fingerprint density at radius 3 is 2.68 bits per heavy atom. The Kier molecular flexibility index (Phi) is 4.91. The molecular weight excluding hydrogens is 289 g/mol. The minimum Gasteiger partial charge on any atom is -0.489 e. The molecule has 1 saturated heterocycles. The molecule has 1 N–H and O–H groups in total. The molecule has 6 heteroatoms. The van der Waals surface area contributed by atoms with Crippen LogP contribution in [-0.2, 0) is 4.79 Å². The smallest absolute Gasteiger partial charge is 0.307 e. The van der Waals surface area contributed by atoms with Crippen LogP contribution in [-0.4, -0.2) is 42.2 Å². The van der Waals surface area contributed by atoms with Crippen molar-refractivity contribution in [3.63, 3.8) is 0 Å². The van der Waals surface area contributed by atoms with E-state index in [-0.39, 0.29) is 5.92 Å². The van der Waals surface area contributed by atoms with Gasteiger partial charge in [-0.1, -0.05) is 29.3 Å². The van der Waals surface area contributed by atoms with Crippen LogP contribution in [0.3, 0.4) is 0 Å². The van der Waals surface area contributed by atoms with Gasteiger partial charge in [-0.2, -0.15) is 0 Å². The number of likely N-dealkylation sites (tertiary alicyclic amines) is 1. The number of carbonyl (C=O) groups is 1. The fourth-order valence-corrected chi connectivity index (χ4v) is 2.64. The number of carboxylic acid groups (broad SMARTS) is 1. The van der Waals surface area contributed by atoms with E-state index < -0.39 is 5.97 Å². The third kappa shape index (κ3) is 3.75. The molecule has 0 aliphatic carbocycles. The van der Waals surface area contributed by atoms with Gasteiger partial charge in [-0.3, -0.25) is 9.69 Å². The van der Waals surface area contributed by atoms with E-state index in [1.807, 2.05) is 0 Å². The third-order valence-electron chi connectivity index (χ3n) is 3.19. The second kappa shape index (κ2) is 6.46. The first-order valence-electron chi connectivity index (χ1n) is 6.10. The van der Waals surface area contributed by atoms with Crippen LogP contribution in [0.5, 0.6) is 5.75 Å². The fraction of sp³-hybridized carbons (Fsp3) is 0.462. The molecule has 0 bridgehead atoms. The quantitative estimate of drug-likeness (QED) is 0.909. The van der Waals surface area contributed by atoms with Crippen LogP contribution in [0.15, 0.2) is 18.2 Å². The second-order valence-corrected chi connectivity index (χ2v) is 5.34. The molecule has 1 aliphatic heterocycles. The highest BCUT2D eigenvalue weighted by Crippen LogP contribution is 2.32. The minimum atomic E-state index is -0.724. The molecule has 0 aromatic heterocycles. The van der Waals surface area contributed by atoms with Crippen molar-refractivity contribution in [2.45, 2.75) is 6.42 Å². The number of benzene rings is 1. The number of hydrogen-bond acceptors (Lipinski definition) is 3. The van der Waals surface area contributed by atoms with Gasteiger partial charge in [0.05, 0.1) is 16.0 Å². The predicted octanol–water partition coefficient (Wildman–Crippen LogP) is 2.78.